The lowest BCUT2D eigenvalue weighted by Gasteiger charge is -2.02. The van der Waals surface area contributed by atoms with E-state index in [0.29, 0.717) is 24.5 Å². The van der Waals surface area contributed by atoms with Crippen molar-refractivity contribution in [3.05, 3.63) is 57.0 Å². The maximum atomic E-state index is 11.9. The van der Waals surface area contributed by atoms with Crippen LogP contribution in [0, 0.1) is 0 Å². The standard InChI is InChI=1S/C12H14ClN3O/c13-11-3-1-2-9(6-11)8-16-12(17)10(4-5-14)7-15-16/h1-3,6-7,15H,4-5,8,14H2. The van der Waals surface area contributed by atoms with Crippen molar-refractivity contribution in [2.24, 2.45) is 5.73 Å². The van der Waals surface area contributed by atoms with Gasteiger partial charge in [-0.1, -0.05) is 23.7 Å². The number of hydrogen-bond acceptors (Lipinski definition) is 2. The van der Waals surface area contributed by atoms with Gasteiger partial charge in [0.2, 0.25) is 0 Å². The smallest absolute Gasteiger partial charge is 0.269 e. The molecule has 0 aliphatic carbocycles. The molecule has 0 saturated carbocycles. The summed E-state index contributed by atoms with van der Waals surface area (Å²) in [7, 11) is 0. The SMILES string of the molecule is NCCc1c[nH]n(Cc2cccc(Cl)c2)c1=O. The molecule has 1 heterocycles. The first kappa shape index (κ1) is 12.0. The summed E-state index contributed by atoms with van der Waals surface area (Å²) in [6.07, 6.45) is 2.30. The fourth-order valence-corrected chi connectivity index (χ4v) is 1.93. The van der Waals surface area contributed by atoms with Gasteiger partial charge in [-0.05, 0) is 30.7 Å². The molecule has 0 aliphatic rings. The molecule has 0 amide bonds. The van der Waals surface area contributed by atoms with Crippen molar-refractivity contribution >= 4 is 11.6 Å². The molecule has 2 rings (SSSR count). The topological polar surface area (TPSA) is 63.8 Å². The van der Waals surface area contributed by atoms with Gasteiger partial charge in [0, 0.05) is 16.8 Å². The van der Waals surface area contributed by atoms with Gasteiger partial charge in [0.15, 0.2) is 0 Å². The molecule has 1 aromatic heterocycles. The molecule has 0 unspecified atom stereocenters. The molecule has 0 saturated heterocycles. The largest absolute Gasteiger partial charge is 0.330 e. The number of hydrogen-bond donors (Lipinski definition) is 2. The van der Waals surface area contributed by atoms with Crippen molar-refractivity contribution in [2.45, 2.75) is 13.0 Å². The Morgan fingerprint density at radius 1 is 1.41 bits per heavy atom. The lowest BCUT2D eigenvalue weighted by molar-refractivity contribution is 0.662. The minimum Gasteiger partial charge on any atom is -0.330 e. The van der Waals surface area contributed by atoms with Crippen LogP contribution in [0.1, 0.15) is 11.1 Å². The van der Waals surface area contributed by atoms with Crippen molar-refractivity contribution in [3.8, 4) is 0 Å². The fourth-order valence-electron chi connectivity index (χ4n) is 1.72. The van der Waals surface area contributed by atoms with Crippen molar-refractivity contribution < 1.29 is 0 Å². The third kappa shape index (κ3) is 2.78. The predicted molar refractivity (Wildman–Crippen MR) is 68.4 cm³/mol. The molecule has 0 atom stereocenters. The molecule has 0 bridgehead atoms. The van der Waals surface area contributed by atoms with Crippen LogP contribution in [0.3, 0.4) is 0 Å². The molecule has 5 heteroatoms. The highest BCUT2D eigenvalue weighted by atomic mass is 35.5. The van der Waals surface area contributed by atoms with Gasteiger partial charge in [-0.15, -0.1) is 0 Å². The van der Waals surface area contributed by atoms with Gasteiger partial charge in [0.05, 0.1) is 6.54 Å². The minimum absolute atomic E-state index is 0.0181. The monoisotopic (exact) mass is 251 g/mol. The number of halogens is 1. The first-order chi connectivity index (χ1) is 8.20. The van der Waals surface area contributed by atoms with Crippen molar-refractivity contribution in [2.75, 3.05) is 6.54 Å². The van der Waals surface area contributed by atoms with E-state index in [4.69, 9.17) is 17.3 Å². The second-order valence-corrected chi connectivity index (χ2v) is 4.30. The maximum Gasteiger partial charge on any atom is 0.269 e. The minimum atomic E-state index is -0.0181. The van der Waals surface area contributed by atoms with E-state index < -0.39 is 0 Å². The molecule has 90 valence electrons. The van der Waals surface area contributed by atoms with Crippen molar-refractivity contribution in [1.82, 2.24) is 9.78 Å². The lowest BCUT2D eigenvalue weighted by atomic mass is 10.2. The van der Waals surface area contributed by atoms with Crippen LogP contribution in [0.2, 0.25) is 5.02 Å². The highest BCUT2D eigenvalue weighted by Crippen LogP contribution is 2.11. The normalized spacial score (nSPS) is 10.7. The van der Waals surface area contributed by atoms with Crippen LogP contribution in [-0.4, -0.2) is 16.3 Å². The second-order valence-electron chi connectivity index (χ2n) is 3.86. The van der Waals surface area contributed by atoms with Gasteiger partial charge >= 0.3 is 0 Å². The Balaban J connectivity index is 2.22. The van der Waals surface area contributed by atoms with E-state index in [0.717, 1.165) is 11.1 Å². The molecule has 4 nitrogen and oxygen atoms in total. The van der Waals surface area contributed by atoms with Gasteiger partial charge in [-0.25, -0.2) is 4.68 Å². The van der Waals surface area contributed by atoms with Crippen LogP contribution in [0.15, 0.2) is 35.3 Å². The molecule has 1 aromatic carbocycles. The highest BCUT2D eigenvalue weighted by Gasteiger charge is 2.05. The van der Waals surface area contributed by atoms with E-state index >= 15 is 0 Å². The first-order valence-corrected chi connectivity index (χ1v) is 5.80. The average molecular weight is 252 g/mol. The molecule has 2 aromatic rings. The molecule has 17 heavy (non-hydrogen) atoms. The Bertz CT molecular complexity index is 559. The number of nitrogens with two attached hydrogens (primary N) is 1. The van der Waals surface area contributed by atoms with E-state index in [1.807, 2.05) is 24.3 Å². The Morgan fingerprint density at radius 2 is 2.24 bits per heavy atom. The number of rotatable bonds is 4. The maximum absolute atomic E-state index is 11.9. The molecule has 0 spiro atoms. The van der Waals surface area contributed by atoms with Crippen LogP contribution in [-0.2, 0) is 13.0 Å². The van der Waals surface area contributed by atoms with Crippen LogP contribution in [0.25, 0.3) is 0 Å². The van der Waals surface area contributed by atoms with Crippen LogP contribution in [0.5, 0.6) is 0 Å². The number of nitrogens with zero attached hydrogens (tertiary/aromatic N) is 1. The molecule has 0 aliphatic heterocycles. The number of aromatic nitrogens is 2. The Morgan fingerprint density at radius 3 is 2.94 bits per heavy atom. The molecule has 3 N–H and O–H groups in total. The molecular weight excluding hydrogens is 238 g/mol. The third-order valence-corrected chi connectivity index (χ3v) is 2.79. The zero-order valence-corrected chi connectivity index (χ0v) is 10.1. The molecule has 0 fully saturated rings. The summed E-state index contributed by atoms with van der Waals surface area (Å²) >= 11 is 5.89. The molecular formula is C12H14ClN3O. The number of aromatic amines is 1. The van der Waals surface area contributed by atoms with E-state index in [2.05, 4.69) is 5.10 Å². The summed E-state index contributed by atoms with van der Waals surface area (Å²) in [5.41, 5.74) is 7.12. The van der Waals surface area contributed by atoms with E-state index in [1.54, 1.807) is 10.9 Å². The van der Waals surface area contributed by atoms with Gasteiger partial charge in [-0.2, -0.15) is 0 Å². The average Bonchev–Trinajstić information content (AvgIpc) is 2.62. The van der Waals surface area contributed by atoms with Gasteiger partial charge in [-0.3, -0.25) is 4.79 Å². The summed E-state index contributed by atoms with van der Waals surface area (Å²) in [6, 6.07) is 7.45. The van der Waals surface area contributed by atoms with Crippen LogP contribution >= 0.6 is 11.6 Å². The van der Waals surface area contributed by atoms with Crippen LogP contribution < -0.4 is 11.3 Å². The zero-order chi connectivity index (χ0) is 12.3. The van der Waals surface area contributed by atoms with Crippen molar-refractivity contribution in [1.29, 1.82) is 0 Å². The summed E-state index contributed by atoms with van der Waals surface area (Å²) in [5.74, 6) is 0. The third-order valence-electron chi connectivity index (χ3n) is 2.56. The van der Waals surface area contributed by atoms with E-state index in [9.17, 15) is 4.79 Å². The predicted octanol–water partition coefficient (Wildman–Crippen LogP) is 1.38. The quantitative estimate of drug-likeness (QED) is 0.862. The van der Waals surface area contributed by atoms with E-state index in [1.165, 1.54) is 0 Å². The number of nitrogens with one attached hydrogen (secondary N) is 1. The van der Waals surface area contributed by atoms with Crippen LogP contribution in [0.4, 0.5) is 0 Å². The molecule has 0 radical (unpaired) electrons. The number of benzene rings is 1. The first-order valence-electron chi connectivity index (χ1n) is 5.42. The zero-order valence-electron chi connectivity index (χ0n) is 9.32. The second kappa shape index (κ2) is 5.21. The van der Waals surface area contributed by atoms with Gasteiger partial charge < -0.3 is 10.8 Å². The summed E-state index contributed by atoms with van der Waals surface area (Å²) in [6.45, 7) is 0.966. The van der Waals surface area contributed by atoms with Gasteiger partial charge in [0.1, 0.15) is 0 Å². The lowest BCUT2D eigenvalue weighted by Crippen LogP contribution is -2.21. The summed E-state index contributed by atoms with van der Waals surface area (Å²) in [5, 5.41) is 3.60. The fraction of sp³-hybridized carbons (Fsp3) is 0.250. The Kier molecular flexibility index (Phi) is 3.66. The van der Waals surface area contributed by atoms with E-state index in [-0.39, 0.29) is 5.56 Å². The highest BCUT2D eigenvalue weighted by molar-refractivity contribution is 6.30. The number of H-pyrrole nitrogens is 1. The van der Waals surface area contributed by atoms with Crippen molar-refractivity contribution in [3.63, 3.8) is 0 Å². The Hall–Kier alpha value is -1.52. The Labute approximate surface area is 104 Å². The summed E-state index contributed by atoms with van der Waals surface area (Å²) in [4.78, 5) is 11.9. The van der Waals surface area contributed by atoms with Gasteiger partial charge in [0.25, 0.3) is 5.56 Å². The summed E-state index contributed by atoms with van der Waals surface area (Å²) < 4.78 is 1.55.